The molecule has 1 atom stereocenters. The Bertz CT molecular complexity index is 1760. The molecule has 10 nitrogen and oxygen atoms in total. The number of aryl methyl sites for hydroxylation is 1. The number of hydrogen-bond acceptors (Lipinski definition) is 7. The van der Waals surface area contributed by atoms with Crippen molar-refractivity contribution in [3.8, 4) is 22.6 Å². The number of Topliss-reactive ketones (excluding diaryl/α,β-unsaturated/α-hetero) is 1. The van der Waals surface area contributed by atoms with Gasteiger partial charge >= 0.3 is 0 Å². The lowest BCUT2D eigenvalue weighted by molar-refractivity contribution is -0.122. The van der Waals surface area contributed by atoms with Gasteiger partial charge in [0.15, 0.2) is 10.9 Å². The fourth-order valence-corrected chi connectivity index (χ4v) is 5.04. The van der Waals surface area contributed by atoms with Gasteiger partial charge in [0.1, 0.15) is 5.75 Å². The number of rotatable bonds is 10. The van der Waals surface area contributed by atoms with Gasteiger partial charge in [-0.05, 0) is 42.3 Å². The van der Waals surface area contributed by atoms with Crippen molar-refractivity contribution >= 4 is 39.9 Å². The molecule has 0 radical (unpaired) electrons. The summed E-state index contributed by atoms with van der Waals surface area (Å²) < 4.78 is 15.6. The molecule has 40 heavy (non-hydrogen) atoms. The number of ketones is 1. The van der Waals surface area contributed by atoms with Crippen LogP contribution in [0.3, 0.4) is 0 Å². The summed E-state index contributed by atoms with van der Waals surface area (Å²) in [5, 5.41) is 13.9. The molecule has 206 valence electrons. The van der Waals surface area contributed by atoms with Crippen LogP contribution in [0.25, 0.3) is 27.7 Å². The molecule has 0 N–H and O–H groups in total. The zero-order valence-corrected chi connectivity index (χ0v) is 23.6. The van der Waals surface area contributed by atoms with Gasteiger partial charge in [0, 0.05) is 61.0 Å². The first kappa shape index (κ1) is 27.6. The van der Waals surface area contributed by atoms with E-state index in [2.05, 4.69) is 15.4 Å². The SMILES string of the molecule is COCCC(C(=O)Cc1ccc2nn(C)cc2c1)n1cc(OC)c(-c2cc(Cl)ccc2-n2cc(Cl)nn2)cc1=O. The van der Waals surface area contributed by atoms with E-state index in [1.807, 2.05) is 31.4 Å². The lowest BCUT2D eigenvalue weighted by Gasteiger charge is -2.21. The highest BCUT2D eigenvalue weighted by molar-refractivity contribution is 6.31. The van der Waals surface area contributed by atoms with Gasteiger partial charge in [0.2, 0.25) is 0 Å². The summed E-state index contributed by atoms with van der Waals surface area (Å²) in [5.74, 6) is 0.249. The van der Waals surface area contributed by atoms with Crippen LogP contribution in [-0.2, 0) is 23.0 Å². The van der Waals surface area contributed by atoms with Gasteiger partial charge in [0.05, 0.1) is 36.7 Å². The Morgan fingerprint density at radius 2 is 1.85 bits per heavy atom. The third kappa shape index (κ3) is 5.65. The summed E-state index contributed by atoms with van der Waals surface area (Å²) in [5.41, 5.74) is 2.96. The summed E-state index contributed by atoms with van der Waals surface area (Å²) in [6.45, 7) is 0.292. The summed E-state index contributed by atoms with van der Waals surface area (Å²) in [4.78, 5) is 27.2. The van der Waals surface area contributed by atoms with Crippen LogP contribution < -0.4 is 10.3 Å². The van der Waals surface area contributed by atoms with Gasteiger partial charge in [0.25, 0.3) is 5.56 Å². The number of halogens is 2. The first-order valence-corrected chi connectivity index (χ1v) is 13.1. The smallest absolute Gasteiger partial charge is 0.252 e. The molecule has 0 spiro atoms. The second-order valence-corrected chi connectivity index (χ2v) is 10.1. The van der Waals surface area contributed by atoms with Crippen LogP contribution in [0.1, 0.15) is 18.0 Å². The molecule has 3 heterocycles. The number of benzene rings is 2. The predicted octanol–water partition coefficient (Wildman–Crippen LogP) is 4.69. The van der Waals surface area contributed by atoms with Crippen molar-refractivity contribution in [1.82, 2.24) is 29.3 Å². The molecule has 1 unspecified atom stereocenters. The molecule has 0 saturated carbocycles. The number of ether oxygens (including phenoxy) is 2. The third-order valence-corrected chi connectivity index (χ3v) is 7.00. The molecule has 0 amide bonds. The average molecular weight is 581 g/mol. The van der Waals surface area contributed by atoms with Gasteiger partial charge in [-0.15, -0.1) is 5.10 Å². The van der Waals surface area contributed by atoms with Crippen molar-refractivity contribution in [1.29, 1.82) is 0 Å². The number of aromatic nitrogens is 6. The molecular formula is C28H26Cl2N6O4. The number of nitrogens with zero attached hydrogens (tertiary/aromatic N) is 6. The lowest BCUT2D eigenvalue weighted by Crippen LogP contribution is -2.31. The van der Waals surface area contributed by atoms with Gasteiger partial charge < -0.3 is 14.0 Å². The minimum atomic E-state index is -0.770. The Morgan fingerprint density at radius 1 is 1.02 bits per heavy atom. The Morgan fingerprint density at radius 3 is 2.58 bits per heavy atom. The molecular weight excluding hydrogens is 555 g/mol. The highest BCUT2D eigenvalue weighted by Crippen LogP contribution is 2.35. The second kappa shape index (κ2) is 11.6. The van der Waals surface area contributed by atoms with Crippen LogP contribution in [0.2, 0.25) is 10.2 Å². The molecule has 12 heteroatoms. The lowest BCUT2D eigenvalue weighted by atomic mass is 9.99. The van der Waals surface area contributed by atoms with Gasteiger partial charge in [-0.2, -0.15) is 5.10 Å². The zero-order chi connectivity index (χ0) is 28.4. The van der Waals surface area contributed by atoms with E-state index < -0.39 is 6.04 Å². The predicted molar refractivity (Wildman–Crippen MR) is 153 cm³/mol. The Labute approximate surface area is 239 Å². The maximum absolute atomic E-state index is 13.6. The highest BCUT2D eigenvalue weighted by atomic mass is 35.5. The van der Waals surface area contributed by atoms with E-state index in [9.17, 15) is 9.59 Å². The van der Waals surface area contributed by atoms with Crippen LogP contribution >= 0.6 is 23.2 Å². The quantitative estimate of drug-likeness (QED) is 0.236. The largest absolute Gasteiger partial charge is 0.495 e. The molecule has 2 aromatic carbocycles. The van der Waals surface area contributed by atoms with E-state index >= 15 is 0 Å². The summed E-state index contributed by atoms with van der Waals surface area (Å²) in [6.07, 6.45) is 5.45. The number of methoxy groups -OCH3 is 2. The number of carbonyl (C=O) groups excluding carboxylic acids is 1. The minimum absolute atomic E-state index is 0.127. The van der Waals surface area contributed by atoms with Crippen molar-refractivity contribution in [3.63, 3.8) is 0 Å². The summed E-state index contributed by atoms with van der Waals surface area (Å²) >= 11 is 12.3. The number of pyridine rings is 1. The van der Waals surface area contributed by atoms with Crippen molar-refractivity contribution in [3.05, 3.63) is 87.1 Å². The van der Waals surface area contributed by atoms with E-state index in [4.69, 9.17) is 32.7 Å². The first-order chi connectivity index (χ1) is 19.3. The molecule has 0 aliphatic heterocycles. The molecule has 0 bridgehead atoms. The van der Waals surface area contributed by atoms with Crippen molar-refractivity contribution in [2.75, 3.05) is 20.8 Å². The molecule has 0 saturated heterocycles. The maximum Gasteiger partial charge on any atom is 0.252 e. The monoisotopic (exact) mass is 580 g/mol. The summed E-state index contributed by atoms with van der Waals surface area (Å²) in [7, 11) is 4.91. The van der Waals surface area contributed by atoms with Crippen LogP contribution in [0, 0.1) is 0 Å². The molecule has 5 rings (SSSR count). The number of carbonyl (C=O) groups is 1. The van der Waals surface area contributed by atoms with Crippen LogP contribution in [0.5, 0.6) is 5.75 Å². The van der Waals surface area contributed by atoms with Gasteiger partial charge in [-0.1, -0.05) is 34.5 Å². The highest BCUT2D eigenvalue weighted by Gasteiger charge is 2.24. The fourth-order valence-electron chi connectivity index (χ4n) is 4.74. The van der Waals surface area contributed by atoms with Crippen molar-refractivity contribution < 1.29 is 14.3 Å². The van der Waals surface area contributed by atoms with E-state index in [0.717, 1.165) is 16.5 Å². The van der Waals surface area contributed by atoms with E-state index in [1.54, 1.807) is 42.4 Å². The van der Waals surface area contributed by atoms with E-state index in [-0.39, 0.29) is 22.9 Å². The molecule has 5 aromatic rings. The zero-order valence-electron chi connectivity index (χ0n) is 22.0. The Hall–Kier alpha value is -3.99. The fraction of sp³-hybridized carbons (Fsp3) is 0.250. The average Bonchev–Trinajstić information content (AvgIpc) is 3.53. The van der Waals surface area contributed by atoms with Crippen LogP contribution in [0.4, 0.5) is 0 Å². The van der Waals surface area contributed by atoms with Gasteiger partial charge in [-0.3, -0.25) is 14.3 Å². The van der Waals surface area contributed by atoms with Crippen LogP contribution in [0.15, 0.2) is 65.8 Å². The maximum atomic E-state index is 13.6. The Kier molecular flexibility index (Phi) is 8.02. The number of hydrogen-bond donors (Lipinski definition) is 0. The summed E-state index contributed by atoms with van der Waals surface area (Å²) in [6, 6.07) is 11.5. The Balaban J connectivity index is 1.54. The molecule has 0 fully saturated rings. The minimum Gasteiger partial charge on any atom is -0.495 e. The molecule has 0 aliphatic rings. The van der Waals surface area contributed by atoms with E-state index in [1.165, 1.54) is 22.4 Å². The standard InChI is InChI=1S/C28H26Cl2N6O4/c1-34-14-18-10-17(4-6-22(18)32-34)11-25(37)24(8-9-39-2)35-15-26(40-3)21(13-28(35)38)20-12-19(29)5-7-23(20)36-16-27(30)31-33-36/h4-7,10,12-16,24H,8-9,11H2,1-3H3. The van der Waals surface area contributed by atoms with E-state index in [0.29, 0.717) is 40.6 Å². The second-order valence-electron chi connectivity index (χ2n) is 9.28. The van der Waals surface area contributed by atoms with Crippen molar-refractivity contribution in [2.24, 2.45) is 7.05 Å². The molecule has 0 aliphatic carbocycles. The molecule has 3 aromatic heterocycles. The van der Waals surface area contributed by atoms with Crippen molar-refractivity contribution in [2.45, 2.75) is 18.9 Å². The van der Waals surface area contributed by atoms with Gasteiger partial charge in [-0.25, -0.2) is 4.68 Å². The first-order valence-electron chi connectivity index (χ1n) is 12.4. The number of fused-ring (bicyclic) bond motifs is 1. The normalized spacial score (nSPS) is 12.1. The van der Waals surface area contributed by atoms with Crippen LogP contribution in [-0.4, -0.2) is 56.0 Å². The third-order valence-electron chi connectivity index (χ3n) is 6.59. The topological polar surface area (TPSA) is 106 Å².